The Morgan fingerprint density at radius 2 is 1.78 bits per heavy atom. The molecule has 4 heterocycles. The molecule has 3 fully saturated rings. The molecule has 250 valence electrons. The molecule has 0 saturated carbocycles. The van der Waals surface area contributed by atoms with Crippen LogP contribution in [0.3, 0.4) is 0 Å². The van der Waals surface area contributed by atoms with Gasteiger partial charge >= 0.3 is 5.97 Å². The Morgan fingerprint density at radius 1 is 1.04 bits per heavy atom. The van der Waals surface area contributed by atoms with E-state index in [-0.39, 0.29) is 37.4 Å². The highest BCUT2D eigenvalue weighted by Gasteiger charge is 2.60. The van der Waals surface area contributed by atoms with Gasteiger partial charge in [-0.2, -0.15) is 0 Å². The van der Waals surface area contributed by atoms with Crippen molar-refractivity contribution in [3.05, 3.63) is 58.7 Å². The molecule has 12 atom stereocenters. The standard InChI is InChI=1S/C36H52O9/c1-19(2)13-23(6)32-24(7)29(37)17-35(45-32)16-27-15-26(44-35)12-11-21(4)30(38)20(3)9-8-10-25-18-42-33-31(39)22(5)14-28(34(40)43-27)36(25,33)41/h8-11,13-14,19-20,24,26-33,37-39,41H,12,15-18H2,1-7H3/b9-8+,21-11+,23-13+,25-10+/t20-,24-,26+,27-,28-,29-,30+,31+,32-,33+,35-,36+/m0/s1. The molecule has 0 radical (unpaired) electrons. The molecule has 2 bridgehead atoms. The lowest BCUT2D eigenvalue weighted by Gasteiger charge is -2.51. The van der Waals surface area contributed by atoms with Crippen LogP contribution in [0.15, 0.2) is 58.7 Å². The van der Waals surface area contributed by atoms with Crippen molar-refractivity contribution >= 4 is 5.97 Å². The highest BCUT2D eigenvalue weighted by molar-refractivity contribution is 5.78. The number of hydrogen-bond acceptors (Lipinski definition) is 9. The molecule has 4 N–H and O–H groups in total. The van der Waals surface area contributed by atoms with Crippen molar-refractivity contribution in [1.29, 1.82) is 0 Å². The van der Waals surface area contributed by atoms with E-state index in [1.165, 1.54) is 0 Å². The van der Waals surface area contributed by atoms with E-state index in [0.29, 0.717) is 29.9 Å². The molecule has 1 spiro atoms. The van der Waals surface area contributed by atoms with Crippen LogP contribution in [0.4, 0.5) is 0 Å². The number of fused-ring (bicyclic) bond motifs is 2. The predicted octanol–water partition coefficient (Wildman–Crippen LogP) is 4.06. The fourth-order valence-corrected chi connectivity index (χ4v) is 7.80. The quantitative estimate of drug-likeness (QED) is 0.264. The number of allylic oxidation sites excluding steroid dienone is 3. The number of esters is 1. The Morgan fingerprint density at radius 3 is 2.49 bits per heavy atom. The van der Waals surface area contributed by atoms with Crippen LogP contribution in [-0.4, -0.2) is 87.1 Å². The Kier molecular flexibility index (Phi) is 10.0. The van der Waals surface area contributed by atoms with Crippen molar-refractivity contribution in [3.63, 3.8) is 0 Å². The third-order valence-electron chi connectivity index (χ3n) is 10.4. The van der Waals surface area contributed by atoms with Gasteiger partial charge in [0.1, 0.15) is 29.8 Å². The zero-order valence-corrected chi connectivity index (χ0v) is 27.7. The third-order valence-corrected chi connectivity index (χ3v) is 10.4. The molecule has 0 aromatic rings. The van der Waals surface area contributed by atoms with Gasteiger partial charge in [0.05, 0.1) is 31.0 Å². The van der Waals surface area contributed by atoms with Crippen LogP contribution >= 0.6 is 0 Å². The first-order valence-electron chi connectivity index (χ1n) is 16.5. The number of aliphatic hydroxyl groups is 4. The molecular weight excluding hydrogens is 576 g/mol. The van der Waals surface area contributed by atoms with Gasteiger partial charge in [0.15, 0.2) is 5.79 Å². The molecule has 9 heteroatoms. The summed E-state index contributed by atoms with van der Waals surface area (Å²) in [7, 11) is 0. The molecule has 9 nitrogen and oxygen atoms in total. The minimum Gasteiger partial charge on any atom is -0.462 e. The summed E-state index contributed by atoms with van der Waals surface area (Å²) in [4.78, 5) is 14.1. The Hall–Kier alpha value is -2.11. The predicted molar refractivity (Wildman–Crippen MR) is 169 cm³/mol. The van der Waals surface area contributed by atoms with Crippen LogP contribution in [0.2, 0.25) is 0 Å². The lowest BCUT2D eigenvalue weighted by molar-refractivity contribution is -0.342. The van der Waals surface area contributed by atoms with E-state index in [0.717, 1.165) is 11.1 Å². The second kappa shape index (κ2) is 13.2. The molecule has 45 heavy (non-hydrogen) atoms. The Bertz CT molecular complexity index is 1280. The highest BCUT2D eigenvalue weighted by atomic mass is 16.7. The van der Waals surface area contributed by atoms with E-state index < -0.39 is 59.9 Å². The zero-order valence-electron chi connectivity index (χ0n) is 27.7. The highest BCUT2D eigenvalue weighted by Crippen LogP contribution is 2.47. The molecule has 5 aliphatic rings. The summed E-state index contributed by atoms with van der Waals surface area (Å²) in [6.07, 6.45) is 7.28. The van der Waals surface area contributed by atoms with Gasteiger partial charge < -0.3 is 39.4 Å². The lowest BCUT2D eigenvalue weighted by atomic mass is 9.71. The van der Waals surface area contributed by atoms with Crippen molar-refractivity contribution in [2.75, 3.05) is 6.61 Å². The van der Waals surface area contributed by atoms with E-state index in [1.807, 2.05) is 39.8 Å². The average Bonchev–Trinajstić information content (AvgIpc) is 3.31. The van der Waals surface area contributed by atoms with Crippen molar-refractivity contribution in [2.24, 2.45) is 23.7 Å². The van der Waals surface area contributed by atoms with Crippen molar-refractivity contribution in [2.45, 2.75) is 128 Å². The summed E-state index contributed by atoms with van der Waals surface area (Å²) < 4.78 is 25.6. The maximum atomic E-state index is 14.1. The Balaban J connectivity index is 1.54. The largest absolute Gasteiger partial charge is 0.462 e. The van der Waals surface area contributed by atoms with E-state index in [1.54, 1.807) is 25.2 Å². The van der Waals surface area contributed by atoms with Crippen molar-refractivity contribution in [1.82, 2.24) is 0 Å². The summed E-state index contributed by atoms with van der Waals surface area (Å²) in [5.74, 6) is -3.02. The maximum Gasteiger partial charge on any atom is 0.316 e. The molecule has 0 aromatic heterocycles. The second-order valence-corrected chi connectivity index (χ2v) is 14.4. The molecule has 0 amide bonds. The van der Waals surface area contributed by atoms with Gasteiger partial charge in [0.25, 0.3) is 0 Å². The number of aliphatic hydroxyl groups excluding tert-OH is 3. The van der Waals surface area contributed by atoms with Crippen LogP contribution in [0.5, 0.6) is 0 Å². The van der Waals surface area contributed by atoms with Crippen LogP contribution in [0, 0.1) is 23.7 Å². The van der Waals surface area contributed by atoms with E-state index in [4.69, 9.17) is 18.9 Å². The topological polar surface area (TPSA) is 135 Å². The van der Waals surface area contributed by atoms with Gasteiger partial charge in [-0.05, 0) is 55.4 Å². The van der Waals surface area contributed by atoms with E-state index in [9.17, 15) is 25.2 Å². The van der Waals surface area contributed by atoms with Crippen molar-refractivity contribution in [3.8, 4) is 0 Å². The fraction of sp³-hybridized carbons (Fsp3) is 0.694. The normalized spacial score (nSPS) is 47.7. The molecule has 0 aromatic carbocycles. The van der Waals surface area contributed by atoms with Gasteiger partial charge in [-0.15, -0.1) is 0 Å². The maximum absolute atomic E-state index is 14.1. The number of ether oxygens (including phenoxy) is 4. The number of hydrogen-bond donors (Lipinski definition) is 4. The van der Waals surface area contributed by atoms with Gasteiger partial charge in [0.2, 0.25) is 0 Å². The van der Waals surface area contributed by atoms with Crippen LogP contribution in [-0.2, 0) is 23.7 Å². The monoisotopic (exact) mass is 628 g/mol. The number of carbonyl (C=O) groups excluding carboxylic acids is 1. The van der Waals surface area contributed by atoms with Crippen LogP contribution in [0.25, 0.3) is 0 Å². The van der Waals surface area contributed by atoms with Crippen LogP contribution < -0.4 is 0 Å². The summed E-state index contributed by atoms with van der Waals surface area (Å²) in [6, 6.07) is 0. The first-order valence-corrected chi connectivity index (χ1v) is 16.5. The summed E-state index contributed by atoms with van der Waals surface area (Å²) >= 11 is 0. The first kappa shape index (κ1) is 34.2. The van der Waals surface area contributed by atoms with Gasteiger partial charge in [-0.25, -0.2) is 0 Å². The minimum atomic E-state index is -1.81. The average molecular weight is 629 g/mol. The lowest BCUT2D eigenvalue weighted by Crippen LogP contribution is -2.59. The van der Waals surface area contributed by atoms with E-state index >= 15 is 0 Å². The fourth-order valence-electron chi connectivity index (χ4n) is 7.80. The molecular formula is C36H52O9. The van der Waals surface area contributed by atoms with Gasteiger partial charge in [-0.1, -0.05) is 64.2 Å². The summed E-state index contributed by atoms with van der Waals surface area (Å²) in [5, 5.41) is 45.4. The summed E-state index contributed by atoms with van der Waals surface area (Å²) in [6.45, 7) is 13.7. The SMILES string of the molecule is CC1=C[C@H]2C(=O)O[C@H]3C[C@@H](C/C=C(\C)[C@H](O)[C@@H](C)/C=C/C=C4\CO[C@H]([C@@H]1O)[C@@]42O)O[C@]1(C3)C[C@H](O)[C@H](C)[C@H](/C(C)=C/C(C)C)O1. The first-order chi connectivity index (χ1) is 21.1. The summed E-state index contributed by atoms with van der Waals surface area (Å²) in [5.41, 5.74) is 0.974. The van der Waals surface area contributed by atoms with Gasteiger partial charge in [-0.3, -0.25) is 4.79 Å². The molecule has 5 rings (SSSR count). The number of carbonyl (C=O) groups is 1. The molecule has 4 aliphatic heterocycles. The van der Waals surface area contributed by atoms with Crippen LogP contribution in [0.1, 0.15) is 74.1 Å². The Labute approximate surface area is 267 Å². The smallest absolute Gasteiger partial charge is 0.316 e. The molecule has 3 saturated heterocycles. The molecule has 1 aliphatic carbocycles. The van der Waals surface area contributed by atoms with E-state index in [2.05, 4.69) is 19.9 Å². The van der Waals surface area contributed by atoms with Gasteiger partial charge in [0, 0.05) is 31.1 Å². The third kappa shape index (κ3) is 6.68. The second-order valence-electron chi connectivity index (χ2n) is 14.4. The zero-order chi connectivity index (χ0) is 32.8. The molecule has 0 unspecified atom stereocenters. The minimum absolute atomic E-state index is 0.0420. The van der Waals surface area contributed by atoms with Crippen molar-refractivity contribution < 1.29 is 44.2 Å². The number of rotatable bonds is 2.